The highest BCUT2D eigenvalue weighted by Crippen LogP contribution is 2.08. The van der Waals surface area contributed by atoms with Gasteiger partial charge in [-0.2, -0.15) is 0 Å². The second-order valence-electron chi connectivity index (χ2n) is 1.96. The van der Waals surface area contributed by atoms with Gasteiger partial charge in [-0.3, -0.25) is 0 Å². The molecular weight excluding hydrogens is 124 g/mol. The molecule has 0 amide bonds. The van der Waals surface area contributed by atoms with Gasteiger partial charge in [-0.1, -0.05) is 30.3 Å². The fraction of sp³-hybridized carbons (Fsp3) is 0. The molecule has 0 aromatic heterocycles. The summed E-state index contributed by atoms with van der Waals surface area (Å²) in [6.45, 7) is 3.45. The number of allylic oxidation sites excluding steroid dienone is 1. The van der Waals surface area contributed by atoms with Crippen molar-refractivity contribution in [1.29, 1.82) is 0 Å². The number of benzene rings is 1. The second kappa shape index (κ2) is 3.06. The van der Waals surface area contributed by atoms with Crippen LogP contribution in [0.2, 0.25) is 0 Å². The van der Waals surface area contributed by atoms with Crippen molar-refractivity contribution in [2.45, 2.75) is 0 Å². The van der Waals surface area contributed by atoms with Gasteiger partial charge in [0.2, 0.25) is 0 Å². The van der Waals surface area contributed by atoms with Gasteiger partial charge in [-0.05, 0) is 13.0 Å². The maximum absolute atomic E-state index is 9.13. The Morgan fingerprint density at radius 1 is 1.30 bits per heavy atom. The monoisotopic (exact) mass is 133 g/mol. The molecule has 1 heteroatoms. The van der Waals surface area contributed by atoms with Crippen molar-refractivity contribution < 1.29 is 5.11 Å². The van der Waals surface area contributed by atoms with Gasteiger partial charge in [-0.25, -0.2) is 0 Å². The lowest BCUT2D eigenvalue weighted by Crippen LogP contribution is -1.78. The maximum Gasteiger partial charge on any atom is 0.118 e. The Morgan fingerprint density at radius 2 is 1.90 bits per heavy atom. The van der Waals surface area contributed by atoms with E-state index in [1.165, 1.54) is 6.08 Å². The Morgan fingerprint density at radius 3 is 2.40 bits per heavy atom. The molecule has 0 heterocycles. The lowest BCUT2D eigenvalue weighted by atomic mass is 10.2. The van der Waals surface area contributed by atoms with E-state index in [2.05, 4.69) is 6.92 Å². The Hall–Kier alpha value is -1.24. The van der Waals surface area contributed by atoms with Crippen LogP contribution in [0.25, 0.3) is 5.76 Å². The Balaban J connectivity index is 2.96. The molecule has 0 saturated carbocycles. The predicted octanol–water partition coefficient (Wildman–Crippen LogP) is 2.42. The normalized spacial score (nSPS) is 11.5. The van der Waals surface area contributed by atoms with E-state index < -0.39 is 0 Å². The van der Waals surface area contributed by atoms with Crippen LogP contribution in [0.5, 0.6) is 0 Å². The van der Waals surface area contributed by atoms with E-state index in [9.17, 15) is 0 Å². The maximum atomic E-state index is 9.13. The van der Waals surface area contributed by atoms with Crippen LogP contribution in [0, 0.1) is 6.92 Å². The Kier molecular flexibility index (Phi) is 2.11. The van der Waals surface area contributed by atoms with Crippen LogP contribution >= 0.6 is 0 Å². The van der Waals surface area contributed by atoms with E-state index >= 15 is 0 Å². The van der Waals surface area contributed by atoms with Gasteiger partial charge in [0.25, 0.3) is 0 Å². The van der Waals surface area contributed by atoms with Crippen molar-refractivity contribution in [3.05, 3.63) is 48.9 Å². The third kappa shape index (κ3) is 1.38. The summed E-state index contributed by atoms with van der Waals surface area (Å²) in [6.07, 6.45) is 1.43. The summed E-state index contributed by atoms with van der Waals surface area (Å²) in [5.41, 5.74) is 0.803. The number of hydrogen-bond donors (Lipinski definition) is 1. The topological polar surface area (TPSA) is 20.2 Å². The molecule has 10 heavy (non-hydrogen) atoms. The lowest BCUT2D eigenvalue weighted by Gasteiger charge is -1.95. The fourth-order valence-electron chi connectivity index (χ4n) is 0.727. The first-order valence-electron chi connectivity index (χ1n) is 3.08. The van der Waals surface area contributed by atoms with E-state index in [0.717, 1.165) is 5.56 Å². The summed E-state index contributed by atoms with van der Waals surface area (Å²) >= 11 is 0. The molecule has 0 saturated heterocycles. The first kappa shape index (κ1) is 6.87. The molecule has 0 atom stereocenters. The fourth-order valence-corrected chi connectivity index (χ4v) is 0.727. The van der Waals surface area contributed by atoms with E-state index in [-0.39, 0.29) is 5.76 Å². The first-order valence-corrected chi connectivity index (χ1v) is 3.08. The Bertz CT molecular complexity index is 224. The van der Waals surface area contributed by atoms with Crippen molar-refractivity contribution in [3.63, 3.8) is 0 Å². The summed E-state index contributed by atoms with van der Waals surface area (Å²) in [5.74, 6) is 0.223. The third-order valence-electron chi connectivity index (χ3n) is 1.26. The van der Waals surface area contributed by atoms with Crippen molar-refractivity contribution in [2.24, 2.45) is 0 Å². The minimum atomic E-state index is 0.223. The molecule has 0 bridgehead atoms. The zero-order chi connectivity index (χ0) is 7.40. The molecule has 1 aromatic carbocycles. The minimum Gasteiger partial charge on any atom is -0.508 e. The molecule has 1 aromatic rings. The van der Waals surface area contributed by atoms with E-state index in [0.29, 0.717) is 0 Å². The highest BCUT2D eigenvalue weighted by Gasteiger charge is 1.91. The van der Waals surface area contributed by atoms with Crippen LogP contribution in [-0.4, -0.2) is 5.11 Å². The molecular formula is C9H9O. The van der Waals surface area contributed by atoms with Gasteiger partial charge in [-0.15, -0.1) is 0 Å². The van der Waals surface area contributed by atoms with Crippen molar-refractivity contribution >= 4 is 5.76 Å². The van der Waals surface area contributed by atoms with Crippen LogP contribution in [0.1, 0.15) is 5.56 Å². The third-order valence-corrected chi connectivity index (χ3v) is 1.26. The quantitative estimate of drug-likeness (QED) is 0.583. The smallest absolute Gasteiger partial charge is 0.118 e. The van der Waals surface area contributed by atoms with Gasteiger partial charge in [0.1, 0.15) is 5.76 Å². The molecule has 0 aliphatic carbocycles. The first-order chi connectivity index (χ1) is 4.84. The Labute approximate surface area is 60.6 Å². The molecule has 0 aliphatic heterocycles. The molecule has 1 N–H and O–H groups in total. The highest BCUT2D eigenvalue weighted by atomic mass is 16.3. The molecule has 1 radical (unpaired) electrons. The summed E-state index contributed by atoms with van der Waals surface area (Å²) < 4.78 is 0. The standard InChI is InChI=1S/C9H9O/c1-2-9(10)8-6-4-3-5-7-8/h2-7,10H,1H2/b9-2-. The summed E-state index contributed by atoms with van der Waals surface area (Å²) in [4.78, 5) is 0. The highest BCUT2D eigenvalue weighted by molar-refractivity contribution is 5.58. The average molecular weight is 133 g/mol. The number of aliphatic hydroxyl groups excluding tert-OH is 1. The average Bonchev–Trinajstić information content (AvgIpc) is 2.05. The van der Waals surface area contributed by atoms with Crippen LogP contribution in [0.15, 0.2) is 36.4 Å². The van der Waals surface area contributed by atoms with Gasteiger partial charge in [0.15, 0.2) is 0 Å². The van der Waals surface area contributed by atoms with Crippen LogP contribution in [-0.2, 0) is 0 Å². The largest absolute Gasteiger partial charge is 0.508 e. The molecule has 0 aliphatic rings. The molecule has 0 unspecified atom stereocenters. The van der Waals surface area contributed by atoms with Crippen molar-refractivity contribution in [3.8, 4) is 0 Å². The van der Waals surface area contributed by atoms with Gasteiger partial charge in [0.05, 0.1) is 0 Å². The summed E-state index contributed by atoms with van der Waals surface area (Å²) in [5, 5.41) is 9.13. The van der Waals surface area contributed by atoms with Gasteiger partial charge in [0, 0.05) is 5.56 Å². The molecule has 51 valence electrons. The summed E-state index contributed by atoms with van der Waals surface area (Å²) in [7, 11) is 0. The van der Waals surface area contributed by atoms with Crippen LogP contribution in [0.3, 0.4) is 0 Å². The van der Waals surface area contributed by atoms with E-state index in [1.807, 2.05) is 30.3 Å². The SMILES string of the molecule is [CH2]/C=C(\O)c1ccccc1. The van der Waals surface area contributed by atoms with Crippen molar-refractivity contribution in [1.82, 2.24) is 0 Å². The predicted molar refractivity (Wildman–Crippen MR) is 42.4 cm³/mol. The van der Waals surface area contributed by atoms with Crippen molar-refractivity contribution in [2.75, 3.05) is 0 Å². The second-order valence-corrected chi connectivity index (χ2v) is 1.96. The number of aliphatic hydroxyl groups is 1. The minimum absolute atomic E-state index is 0.223. The molecule has 0 spiro atoms. The molecule has 1 nitrogen and oxygen atoms in total. The lowest BCUT2D eigenvalue weighted by molar-refractivity contribution is 0.512. The van der Waals surface area contributed by atoms with Crippen LogP contribution < -0.4 is 0 Å². The zero-order valence-electron chi connectivity index (χ0n) is 5.62. The number of rotatable bonds is 1. The summed E-state index contributed by atoms with van der Waals surface area (Å²) in [6, 6.07) is 9.30. The number of hydrogen-bond acceptors (Lipinski definition) is 1. The zero-order valence-corrected chi connectivity index (χ0v) is 5.62. The molecule has 1 rings (SSSR count). The van der Waals surface area contributed by atoms with E-state index in [4.69, 9.17) is 5.11 Å². The van der Waals surface area contributed by atoms with Gasteiger partial charge >= 0.3 is 0 Å². The van der Waals surface area contributed by atoms with Gasteiger partial charge < -0.3 is 5.11 Å². The molecule has 0 fully saturated rings. The van der Waals surface area contributed by atoms with E-state index in [1.54, 1.807) is 0 Å². The van der Waals surface area contributed by atoms with Crippen LogP contribution in [0.4, 0.5) is 0 Å².